The SMILES string of the molecule is Nc1ccc(-c2cc(C(F)F)c3c(-c4ccccc4)n[nH]c3n2)cc1. The lowest BCUT2D eigenvalue weighted by molar-refractivity contribution is 0.153. The van der Waals surface area contributed by atoms with Crippen LogP contribution < -0.4 is 5.73 Å². The lowest BCUT2D eigenvalue weighted by Crippen LogP contribution is -1.93. The number of fused-ring (bicyclic) bond motifs is 1. The van der Waals surface area contributed by atoms with E-state index in [-0.39, 0.29) is 5.56 Å². The molecule has 2 aromatic carbocycles. The van der Waals surface area contributed by atoms with Gasteiger partial charge in [-0.3, -0.25) is 5.10 Å². The number of anilines is 1. The van der Waals surface area contributed by atoms with Gasteiger partial charge in [0.25, 0.3) is 6.43 Å². The summed E-state index contributed by atoms with van der Waals surface area (Å²) in [6, 6.07) is 17.6. The Morgan fingerprint density at radius 3 is 2.32 bits per heavy atom. The fraction of sp³-hybridized carbons (Fsp3) is 0.0526. The first-order valence-electron chi connectivity index (χ1n) is 7.72. The molecular weight excluding hydrogens is 322 g/mol. The van der Waals surface area contributed by atoms with Gasteiger partial charge in [-0.1, -0.05) is 42.5 Å². The van der Waals surface area contributed by atoms with E-state index in [9.17, 15) is 8.78 Å². The standard InChI is InChI=1S/C19H14F2N4/c20-18(21)14-10-15(11-6-8-13(22)9-7-11)23-19-16(14)17(24-25-19)12-4-2-1-3-5-12/h1-10,18H,22H2,(H,23,24,25). The number of hydrogen-bond donors (Lipinski definition) is 2. The Bertz CT molecular complexity index is 1020. The molecule has 6 heteroatoms. The van der Waals surface area contributed by atoms with Gasteiger partial charge in [0.2, 0.25) is 0 Å². The van der Waals surface area contributed by atoms with E-state index in [4.69, 9.17) is 5.73 Å². The summed E-state index contributed by atoms with van der Waals surface area (Å²) in [5.41, 5.74) is 8.93. The van der Waals surface area contributed by atoms with Crippen molar-refractivity contribution in [3.63, 3.8) is 0 Å². The summed E-state index contributed by atoms with van der Waals surface area (Å²) < 4.78 is 27.5. The molecule has 4 nitrogen and oxygen atoms in total. The van der Waals surface area contributed by atoms with Crippen LogP contribution in [0.2, 0.25) is 0 Å². The van der Waals surface area contributed by atoms with E-state index in [1.165, 1.54) is 6.07 Å². The van der Waals surface area contributed by atoms with Gasteiger partial charge >= 0.3 is 0 Å². The highest BCUT2D eigenvalue weighted by Crippen LogP contribution is 2.35. The van der Waals surface area contributed by atoms with Crippen molar-refractivity contribution < 1.29 is 8.78 Å². The second-order valence-electron chi connectivity index (χ2n) is 5.68. The fourth-order valence-corrected chi connectivity index (χ4v) is 2.84. The van der Waals surface area contributed by atoms with E-state index >= 15 is 0 Å². The van der Waals surface area contributed by atoms with Crippen molar-refractivity contribution in [1.29, 1.82) is 0 Å². The molecule has 0 aliphatic rings. The molecule has 0 saturated carbocycles. The molecule has 4 rings (SSSR count). The topological polar surface area (TPSA) is 67.6 Å². The number of aromatic nitrogens is 3. The first-order chi connectivity index (χ1) is 12.1. The molecule has 25 heavy (non-hydrogen) atoms. The molecule has 0 fully saturated rings. The molecule has 2 aromatic heterocycles. The molecular formula is C19H14F2N4. The number of halogens is 2. The van der Waals surface area contributed by atoms with E-state index in [1.54, 1.807) is 24.3 Å². The molecule has 0 atom stereocenters. The van der Waals surface area contributed by atoms with Crippen LogP contribution in [0.5, 0.6) is 0 Å². The van der Waals surface area contributed by atoms with Gasteiger partial charge in [-0.05, 0) is 18.2 Å². The Labute approximate surface area is 142 Å². The minimum absolute atomic E-state index is 0.0931. The number of nitrogen functional groups attached to an aromatic ring is 1. The monoisotopic (exact) mass is 336 g/mol. The Kier molecular flexibility index (Phi) is 3.65. The average Bonchev–Trinajstić information content (AvgIpc) is 3.06. The number of rotatable bonds is 3. The number of nitrogens with one attached hydrogen (secondary N) is 1. The van der Waals surface area contributed by atoms with Crippen molar-refractivity contribution in [2.75, 3.05) is 5.73 Å². The molecule has 124 valence electrons. The number of alkyl halides is 2. The number of aromatic amines is 1. The van der Waals surface area contributed by atoms with Crippen molar-refractivity contribution in [3.05, 3.63) is 66.2 Å². The van der Waals surface area contributed by atoms with Gasteiger partial charge in [0.05, 0.1) is 11.1 Å². The maximum atomic E-state index is 13.7. The maximum absolute atomic E-state index is 13.7. The Balaban J connectivity index is 1.95. The van der Waals surface area contributed by atoms with Crippen LogP contribution in [0.25, 0.3) is 33.5 Å². The predicted octanol–water partition coefficient (Wildman–Crippen LogP) is 4.81. The summed E-state index contributed by atoms with van der Waals surface area (Å²) in [4.78, 5) is 4.47. The van der Waals surface area contributed by atoms with E-state index in [0.29, 0.717) is 33.7 Å². The molecule has 0 unspecified atom stereocenters. The third-order valence-electron chi connectivity index (χ3n) is 4.05. The zero-order valence-electron chi connectivity index (χ0n) is 13.1. The second-order valence-corrected chi connectivity index (χ2v) is 5.68. The van der Waals surface area contributed by atoms with Gasteiger partial charge < -0.3 is 5.73 Å². The van der Waals surface area contributed by atoms with E-state index < -0.39 is 6.43 Å². The minimum atomic E-state index is -2.64. The summed E-state index contributed by atoms with van der Waals surface area (Å²) >= 11 is 0. The molecule has 0 aliphatic heterocycles. The number of pyridine rings is 1. The smallest absolute Gasteiger partial charge is 0.264 e. The van der Waals surface area contributed by atoms with Crippen molar-refractivity contribution in [3.8, 4) is 22.5 Å². The quantitative estimate of drug-likeness (QED) is 0.528. The first-order valence-corrected chi connectivity index (χ1v) is 7.72. The zero-order chi connectivity index (χ0) is 17.4. The number of hydrogen-bond acceptors (Lipinski definition) is 3. The highest BCUT2D eigenvalue weighted by molar-refractivity contribution is 5.95. The molecule has 0 aliphatic carbocycles. The van der Waals surface area contributed by atoms with Crippen molar-refractivity contribution >= 4 is 16.7 Å². The molecule has 0 amide bonds. The lowest BCUT2D eigenvalue weighted by atomic mass is 10.0. The van der Waals surface area contributed by atoms with Gasteiger partial charge in [0.1, 0.15) is 5.69 Å². The van der Waals surface area contributed by atoms with Crippen LogP contribution in [-0.4, -0.2) is 15.2 Å². The molecule has 0 radical (unpaired) electrons. The van der Waals surface area contributed by atoms with Crippen LogP contribution in [0.15, 0.2) is 60.7 Å². The van der Waals surface area contributed by atoms with Crippen LogP contribution in [-0.2, 0) is 0 Å². The fourth-order valence-electron chi connectivity index (χ4n) is 2.84. The minimum Gasteiger partial charge on any atom is -0.399 e. The number of nitrogens with two attached hydrogens (primary N) is 1. The predicted molar refractivity (Wildman–Crippen MR) is 94.1 cm³/mol. The molecule has 4 aromatic rings. The van der Waals surface area contributed by atoms with Gasteiger partial charge in [0.15, 0.2) is 5.65 Å². The van der Waals surface area contributed by atoms with E-state index in [1.807, 2.05) is 30.3 Å². The van der Waals surface area contributed by atoms with Gasteiger partial charge in [-0.25, -0.2) is 13.8 Å². The zero-order valence-corrected chi connectivity index (χ0v) is 13.1. The Morgan fingerprint density at radius 2 is 1.64 bits per heavy atom. The highest BCUT2D eigenvalue weighted by atomic mass is 19.3. The normalized spacial score (nSPS) is 11.3. The van der Waals surface area contributed by atoms with E-state index in [2.05, 4.69) is 15.2 Å². The van der Waals surface area contributed by atoms with Crippen molar-refractivity contribution in [2.24, 2.45) is 0 Å². The van der Waals surface area contributed by atoms with Crippen LogP contribution in [0.1, 0.15) is 12.0 Å². The van der Waals surface area contributed by atoms with E-state index in [0.717, 1.165) is 5.56 Å². The largest absolute Gasteiger partial charge is 0.399 e. The van der Waals surface area contributed by atoms with Gasteiger partial charge in [-0.2, -0.15) is 5.10 Å². The summed E-state index contributed by atoms with van der Waals surface area (Å²) in [6.07, 6.45) is -2.64. The average molecular weight is 336 g/mol. The van der Waals surface area contributed by atoms with Crippen LogP contribution in [0.4, 0.5) is 14.5 Å². The van der Waals surface area contributed by atoms with Crippen LogP contribution in [0, 0.1) is 0 Å². The van der Waals surface area contributed by atoms with Gasteiger partial charge in [-0.15, -0.1) is 0 Å². The third-order valence-corrected chi connectivity index (χ3v) is 4.05. The van der Waals surface area contributed by atoms with Crippen LogP contribution in [0.3, 0.4) is 0 Å². The molecule has 0 bridgehead atoms. The number of nitrogens with zero attached hydrogens (tertiary/aromatic N) is 2. The molecule has 2 heterocycles. The number of benzene rings is 2. The Morgan fingerprint density at radius 1 is 0.920 bits per heavy atom. The third kappa shape index (κ3) is 2.71. The first kappa shape index (κ1) is 15.3. The molecule has 0 saturated heterocycles. The summed E-state index contributed by atoms with van der Waals surface area (Å²) in [5, 5.41) is 7.35. The van der Waals surface area contributed by atoms with Crippen LogP contribution >= 0.6 is 0 Å². The summed E-state index contributed by atoms with van der Waals surface area (Å²) in [7, 11) is 0. The van der Waals surface area contributed by atoms with Crippen molar-refractivity contribution in [1.82, 2.24) is 15.2 Å². The van der Waals surface area contributed by atoms with Gasteiger partial charge in [0, 0.05) is 22.4 Å². The molecule has 3 N–H and O–H groups in total. The summed E-state index contributed by atoms with van der Waals surface area (Å²) in [6.45, 7) is 0. The molecule has 0 spiro atoms. The summed E-state index contributed by atoms with van der Waals surface area (Å²) in [5.74, 6) is 0. The second kappa shape index (κ2) is 5.98. The maximum Gasteiger partial charge on any atom is 0.264 e. The van der Waals surface area contributed by atoms with Crippen molar-refractivity contribution in [2.45, 2.75) is 6.43 Å². The number of H-pyrrole nitrogens is 1. The lowest BCUT2D eigenvalue weighted by Gasteiger charge is -2.08. The Hall–Kier alpha value is -3.28. The highest BCUT2D eigenvalue weighted by Gasteiger charge is 2.21.